The molecule has 0 N–H and O–H groups in total. The molecule has 0 amide bonds. The van der Waals surface area contributed by atoms with Crippen LogP contribution in [0.1, 0.15) is 128 Å². The molecule has 0 radical (unpaired) electrons. The van der Waals surface area contributed by atoms with E-state index in [0.29, 0.717) is 19.8 Å². The van der Waals surface area contributed by atoms with Crippen molar-refractivity contribution in [1.82, 2.24) is 0 Å². The van der Waals surface area contributed by atoms with Gasteiger partial charge in [-0.15, -0.1) is 0 Å². The van der Waals surface area contributed by atoms with Crippen LogP contribution in [0, 0.1) is 0 Å². The van der Waals surface area contributed by atoms with E-state index in [-0.39, 0.29) is 34.9 Å². The van der Waals surface area contributed by atoms with E-state index in [1.54, 1.807) is 0 Å². The zero-order valence-electron chi connectivity index (χ0n) is 44.0. The molecule has 71 heavy (non-hydrogen) atoms. The van der Waals surface area contributed by atoms with Gasteiger partial charge in [-0.2, -0.15) is 0 Å². The molecule has 0 bridgehead atoms. The van der Waals surface area contributed by atoms with Gasteiger partial charge >= 0.3 is 8.24 Å². The Morgan fingerprint density at radius 3 is 1.17 bits per heavy atom. The minimum Gasteiger partial charge on any atom is -0.399 e. The molecule has 376 valence electrons. The third kappa shape index (κ3) is 13.2. The average molecular weight is 979 g/mol. The smallest absolute Gasteiger partial charge is 0.390 e. The van der Waals surface area contributed by atoms with Crippen LogP contribution in [0.25, 0.3) is 21.9 Å². The summed E-state index contributed by atoms with van der Waals surface area (Å²) in [5, 5.41) is 1.96. The Morgan fingerprint density at radius 2 is 0.789 bits per heavy atom. The second-order valence-electron chi connectivity index (χ2n) is 23.1. The van der Waals surface area contributed by atoms with E-state index in [1.807, 2.05) is 72.8 Å². The molecular formula is C62H75O8P. The van der Waals surface area contributed by atoms with Crippen molar-refractivity contribution in [3.8, 4) is 0 Å². The van der Waals surface area contributed by atoms with Crippen molar-refractivity contribution < 1.29 is 36.6 Å². The standard InChI is InChI=1S/C62H75O8P/c1-59(2,3)46-33-48-49-34-47(60(4,5)6)36-51(62(10,11)12)54(49)69-71(68-53(48)50(35-46)61(7,8)9)70-58-57(66-40-45-31-23-16-24-32-45)56(65-39-44-29-21-15-22-30-44)55(64-38-43-27-19-14-20-28-43)52(67-58)41-63-37-42-25-17-13-18-26-42/h13-36,52,55-58H,37-41H2,1-12H3/t52-,55-,56+,57-,58+/m1/s1. The molecule has 7 aromatic rings. The summed E-state index contributed by atoms with van der Waals surface area (Å²) in [5.74, 6) is 0. The largest absolute Gasteiger partial charge is 0.399 e. The van der Waals surface area contributed by atoms with Gasteiger partial charge in [0.2, 0.25) is 6.29 Å². The van der Waals surface area contributed by atoms with Crippen LogP contribution in [0.4, 0.5) is 0 Å². The van der Waals surface area contributed by atoms with Gasteiger partial charge in [-0.3, -0.25) is 0 Å². The van der Waals surface area contributed by atoms with Crippen LogP contribution in [0.5, 0.6) is 0 Å². The molecule has 8 nitrogen and oxygen atoms in total. The van der Waals surface area contributed by atoms with Gasteiger partial charge in [0.1, 0.15) is 35.6 Å². The van der Waals surface area contributed by atoms with Crippen LogP contribution in [0.3, 0.4) is 0 Å². The lowest BCUT2D eigenvalue weighted by Crippen LogP contribution is -2.62. The molecule has 1 aliphatic heterocycles. The first-order chi connectivity index (χ1) is 33.7. The summed E-state index contributed by atoms with van der Waals surface area (Å²) in [5.41, 5.74) is 9.19. The summed E-state index contributed by atoms with van der Waals surface area (Å²) >= 11 is 0. The highest BCUT2D eigenvalue weighted by atomic mass is 31.1. The van der Waals surface area contributed by atoms with Crippen LogP contribution >= 0.6 is 8.24 Å². The van der Waals surface area contributed by atoms with E-state index in [1.165, 1.54) is 11.1 Å². The summed E-state index contributed by atoms with van der Waals surface area (Å²) in [7, 11) is -2.23. The molecule has 1 fully saturated rings. The number of benzene rings is 6. The third-order valence-corrected chi connectivity index (χ3v) is 14.2. The van der Waals surface area contributed by atoms with E-state index >= 15 is 0 Å². The van der Waals surface area contributed by atoms with Crippen LogP contribution in [-0.2, 0) is 71.8 Å². The van der Waals surface area contributed by atoms with E-state index in [4.69, 9.17) is 36.6 Å². The van der Waals surface area contributed by atoms with Crippen molar-refractivity contribution >= 4 is 30.2 Å². The van der Waals surface area contributed by atoms with Gasteiger partial charge in [0.05, 0.1) is 33.0 Å². The highest BCUT2D eigenvalue weighted by molar-refractivity contribution is 7.31. The van der Waals surface area contributed by atoms with Gasteiger partial charge in [-0.05, 0) is 67.2 Å². The lowest BCUT2D eigenvalue weighted by molar-refractivity contribution is -0.303. The first-order valence-electron chi connectivity index (χ1n) is 25.2. The average Bonchev–Trinajstić information content (AvgIpc) is 3.48. The van der Waals surface area contributed by atoms with Crippen molar-refractivity contribution in [2.45, 2.75) is 162 Å². The highest BCUT2D eigenvalue weighted by Crippen LogP contribution is 2.46. The minimum absolute atomic E-state index is 0.150. The second-order valence-corrected chi connectivity index (χ2v) is 24.2. The van der Waals surface area contributed by atoms with Gasteiger partial charge < -0.3 is 32.1 Å². The molecule has 0 spiro atoms. The minimum atomic E-state index is -2.23. The van der Waals surface area contributed by atoms with Gasteiger partial charge in [0.25, 0.3) is 0 Å². The fraction of sp³-hybridized carbons (Fsp3) is 0.419. The van der Waals surface area contributed by atoms with Crippen molar-refractivity contribution in [3.05, 3.63) is 190 Å². The topological polar surface area (TPSA) is 81.7 Å². The molecule has 1 aliphatic rings. The SMILES string of the molecule is CC(C)(C)c1cc(C(C)(C)C)c2op(O[C@@H]3O[C@H](COCc4ccccc4)[C@@H](OCc4ccccc4)[C@H](OCc4ccccc4)[C@H]3OCc3ccccc3)oc3c(C(C)(C)C)cc(C(C)(C)C)cc3c2c1. The predicted octanol–water partition coefficient (Wildman–Crippen LogP) is 15.6. The van der Waals surface area contributed by atoms with Crippen LogP contribution < -0.4 is 4.52 Å². The number of rotatable bonds is 15. The van der Waals surface area contributed by atoms with Crippen LogP contribution in [-0.4, -0.2) is 37.3 Å². The summed E-state index contributed by atoms with van der Waals surface area (Å²) in [6, 6.07) is 49.9. The molecule has 6 aromatic carbocycles. The molecule has 0 saturated carbocycles. The molecule has 8 rings (SSSR count). The molecule has 9 heteroatoms. The maximum atomic E-state index is 7.33. The molecule has 0 unspecified atom stereocenters. The van der Waals surface area contributed by atoms with E-state index in [0.717, 1.165) is 55.3 Å². The molecule has 1 saturated heterocycles. The summed E-state index contributed by atoms with van der Waals surface area (Å²) < 4.78 is 56.9. The zero-order chi connectivity index (χ0) is 50.6. The van der Waals surface area contributed by atoms with Crippen LogP contribution in [0.2, 0.25) is 0 Å². The van der Waals surface area contributed by atoms with Gasteiger partial charge in [-0.1, -0.05) is 217 Å². The second kappa shape index (κ2) is 22.0. The number of hydrogen-bond donors (Lipinski definition) is 0. The fourth-order valence-electron chi connectivity index (χ4n) is 8.96. The van der Waals surface area contributed by atoms with Crippen LogP contribution in [0.15, 0.2) is 154 Å². The Hall–Kier alpha value is -5.02. The van der Waals surface area contributed by atoms with Crippen molar-refractivity contribution in [2.24, 2.45) is 0 Å². The summed E-state index contributed by atoms with van der Waals surface area (Å²) in [6.07, 6.45) is -3.89. The summed E-state index contributed by atoms with van der Waals surface area (Å²) in [6.45, 7) is 28.5. The Kier molecular flexibility index (Phi) is 16.2. The maximum absolute atomic E-state index is 7.33. The molecule has 1 aromatic heterocycles. The molecule has 0 aliphatic carbocycles. The Bertz CT molecular complexity index is 2760. The Morgan fingerprint density at radius 1 is 0.423 bits per heavy atom. The van der Waals surface area contributed by atoms with Crippen molar-refractivity contribution in [3.63, 3.8) is 0 Å². The summed E-state index contributed by atoms with van der Waals surface area (Å²) in [4.78, 5) is 0. The maximum Gasteiger partial charge on any atom is 0.390 e. The Balaban J connectivity index is 1.34. The van der Waals surface area contributed by atoms with E-state index < -0.39 is 38.9 Å². The molecule has 2 heterocycles. The van der Waals surface area contributed by atoms with Gasteiger partial charge in [-0.25, -0.2) is 4.52 Å². The first kappa shape index (κ1) is 52.3. The van der Waals surface area contributed by atoms with Crippen molar-refractivity contribution in [2.75, 3.05) is 6.61 Å². The Labute approximate surface area is 423 Å². The van der Waals surface area contributed by atoms with Gasteiger partial charge in [0.15, 0.2) is 0 Å². The number of hydrogen-bond acceptors (Lipinski definition) is 8. The zero-order valence-corrected chi connectivity index (χ0v) is 44.9. The molecule has 5 atom stereocenters. The van der Waals surface area contributed by atoms with E-state index in [9.17, 15) is 0 Å². The predicted molar refractivity (Wildman–Crippen MR) is 288 cm³/mol. The number of fused-ring (bicyclic) bond motifs is 3. The molecular weight excluding hydrogens is 904 g/mol. The first-order valence-corrected chi connectivity index (χ1v) is 26.3. The lowest BCUT2D eigenvalue weighted by atomic mass is 9.77. The number of ether oxygens (including phenoxy) is 5. The monoisotopic (exact) mass is 979 g/mol. The normalized spacial score (nSPS) is 19.1. The van der Waals surface area contributed by atoms with E-state index in [2.05, 4.69) is 156 Å². The van der Waals surface area contributed by atoms with Gasteiger partial charge in [0, 0.05) is 21.9 Å². The fourth-order valence-corrected chi connectivity index (χ4v) is 10.1. The third-order valence-electron chi connectivity index (χ3n) is 13.2. The highest BCUT2D eigenvalue weighted by Gasteiger charge is 2.50. The lowest BCUT2D eigenvalue weighted by Gasteiger charge is -2.45. The quantitative estimate of drug-likeness (QED) is 0.100. The van der Waals surface area contributed by atoms with Crippen molar-refractivity contribution in [1.29, 1.82) is 0 Å².